The smallest absolute Gasteiger partial charge is 0.337 e. The minimum atomic E-state index is -0.693. The Morgan fingerprint density at radius 1 is 0.951 bits per heavy atom. The first-order chi connectivity index (χ1) is 19.6. The molecule has 1 N–H and O–H groups in total. The highest BCUT2D eigenvalue weighted by Gasteiger charge is 2.42. The van der Waals surface area contributed by atoms with Crippen LogP contribution >= 0.6 is 0 Å². The third-order valence-electron chi connectivity index (χ3n) is 7.12. The Morgan fingerprint density at radius 2 is 1.61 bits per heavy atom. The molecule has 2 aliphatic rings. The van der Waals surface area contributed by atoms with E-state index in [1.54, 1.807) is 46.3 Å². The van der Waals surface area contributed by atoms with E-state index in [0.717, 1.165) is 11.3 Å². The van der Waals surface area contributed by atoms with Crippen LogP contribution in [0.2, 0.25) is 0 Å². The van der Waals surface area contributed by atoms with E-state index in [1.165, 1.54) is 6.92 Å². The summed E-state index contributed by atoms with van der Waals surface area (Å²) in [6, 6.07) is 10.8. The third-order valence-corrected chi connectivity index (χ3v) is 7.12. The van der Waals surface area contributed by atoms with Crippen molar-refractivity contribution < 1.29 is 38.1 Å². The van der Waals surface area contributed by atoms with E-state index in [0.29, 0.717) is 52.7 Å². The van der Waals surface area contributed by atoms with Gasteiger partial charge in [0.05, 0.1) is 32.5 Å². The second-order valence-corrected chi connectivity index (χ2v) is 10.3. The van der Waals surface area contributed by atoms with Gasteiger partial charge in [-0.1, -0.05) is 12.1 Å². The zero-order chi connectivity index (χ0) is 29.8. The summed E-state index contributed by atoms with van der Waals surface area (Å²) in [6.45, 7) is 8.85. The molecule has 9 heteroatoms. The topological polar surface area (TPSA) is 109 Å². The normalized spacial score (nSPS) is 18.5. The number of ketones is 1. The summed E-state index contributed by atoms with van der Waals surface area (Å²) in [5.41, 5.74) is 3.86. The minimum absolute atomic E-state index is 0.0760. The molecule has 0 amide bonds. The highest BCUT2D eigenvalue weighted by molar-refractivity contribution is 6.04. The van der Waals surface area contributed by atoms with Crippen molar-refractivity contribution in [2.24, 2.45) is 0 Å². The fourth-order valence-corrected chi connectivity index (χ4v) is 5.47. The Morgan fingerprint density at radius 3 is 2.24 bits per heavy atom. The summed E-state index contributed by atoms with van der Waals surface area (Å²) in [5, 5.41) is 3.36. The molecule has 2 aromatic rings. The van der Waals surface area contributed by atoms with Crippen LogP contribution in [0.5, 0.6) is 23.0 Å². The van der Waals surface area contributed by atoms with Crippen molar-refractivity contribution in [3.05, 3.63) is 70.1 Å². The van der Waals surface area contributed by atoms with Crippen LogP contribution in [-0.4, -0.2) is 44.7 Å². The van der Waals surface area contributed by atoms with Crippen molar-refractivity contribution in [1.29, 1.82) is 0 Å². The standard InChI is InChI=1S/C32H37NO8/c1-8-39-28-16-21(10-12-26(28)41-19(5)34)30-29(32(36)40-17(2)3)18(4)33-23-13-22(14-24(35)31(23)30)20-9-11-25(37-6)27(15-20)38-7/h9-12,15-17,22,30,33H,8,13-14H2,1-7H3/t22-,30-/m1/s1. The predicted octanol–water partition coefficient (Wildman–Crippen LogP) is 5.34. The average Bonchev–Trinajstić information content (AvgIpc) is 2.92. The Balaban J connectivity index is 1.82. The van der Waals surface area contributed by atoms with Crippen LogP contribution in [-0.2, 0) is 19.1 Å². The van der Waals surface area contributed by atoms with Gasteiger partial charge in [0.15, 0.2) is 28.8 Å². The van der Waals surface area contributed by atoms with Crippen molar-refractivity contribution in [3.8, 4) is 23.0 Å². The highest BCUT2D eigenvalue weighted by Crippen LogP contribution is 2.47. The van der Waals surface area contributed by atoms with Gasteiger partial charge < -0.3 is 29.0 Å². The Labute approximate surface area is 240 Å². The number of allylic oxidation sites excluding steroid dienone is 3. The molecule has 0 radical (unpaired) electrons. The van der Waals surface area contributed by atoms with Gasteiger partial charge in [0.2, 0.25) is 0 Å². The number of hydrogen-bond donors (Lipinski definition) is 1. The fraction of sp³-hybridized carbons (Fsp3) is 0.406. The number of dihydropyridines is 1. The number of carbonyl (C=O) groups excluding carboxylic acids is 3. The fourth-order valence-electron chi connectivity index (χ4n) is 5.47. The molecule has 0 unspecified atom stereocenters. The Hall–Kier alpha value is -4.27. The Kier molecular flexibility index (Phi) is 9.05. The molecular weight excluding hydrogens is 526 g/mol. The minimum Gasteiger partial charge on any atom is -0.493 e. The molecule has 1 heterocycles. The van der Waals surface area contributed by atoms with Crippen molar-refractivity contribution in [2.75, 3.05) is 20.8 Å². The number of rotatable bonds is 9. The zero-order valence-corrected chi connectivity index (χ0v) is 24.6. The molecule has 0 fully saturated rings. The van der Waals surface area contributed by atoms with E-state index < -0.39 is 17.9 Å². The lowest BCUT2D eigenvalue weighted by atomic mass is 9.71. The molecule has 0 spiro atoms. The molecule has 0 saturated carbocycles. The van der Waals surface area contributed by atoms with E-state index in [1.807, 2.05) is 32.0 Å². The number of Topliss-reactive ketones (excluding diaryl/α,β-unsaturated/α-hetero) is 1. The summed E-state index contributed by atoms with van der Waals surface area (Å²) >= 11 is 0. The molecule has 4 rings (SSSR count). The molecule has 2 atom stereocenters. The molecule has 2 aromatic carbocycles. The summed E-state index contributed by atoms with van der Waals surface area (Å²) in [7, 11) is 3.16. The van der Waals surface area contributed by atoms with Gasteiger partial charge in [-0.15, -0.1) is 0 Å². The molecule has 1 aliphatic carbocycles. The van der Waals surface area contributed by atoms with E-state index in [2.05, 4.69) is 5.32 Å². The lowest BCUT2D eigenvalue weighted by molar-refractivity contribution is -0.143. The van der Waals surface area contributed by atoms with Crippen LogP contribution in [0.15, 0.2) is 58.9 Å². The predicted molar refractivity (Wildman–Crippen MR) is 152 cm³/mol. The molecule has 0 aromatic heterocycles. The summed E-state index contributed by atoms with van der Waals surface area (Å²) in [4.78, 5) is 39.1. The van der Waals surface area contributed by atoms with Crippen molar-refractivity contribution in [2.45, 2.75) is 65.4 Å². The molecule has 1 aliphatic heterocycles. The van der Waals surface area contributed by atoms with Crippen molar-refractivity contribution >= 4 is 17.7 Å². The average molecular weight is 564 g/mol. The monoisotopic (exact) mass is 563 g/mol. The van der Waals surface area contributed by atoms with E-state index in [9.17, 15) is 14.4 Å². The molecular formula is C32H37NO8. The molecule has 0 saturated heterocycles. The number of methoxy groups -OCH3 is 2. The number of hydrogen-bond acceptors (Lipinski definition) is 9. The second kappa shape index (κ2) is 12.5. The van der Waals surface area contributed by atoms with E-state index in [4.69, 9.17) is 23.7 Å². The van der Waals surface area contributed by atoms with Crippen molar-refractivity contribution in [1.82, 2.24) is 5.32 Å². The highest BCUT2D eigenvalue weighted by atomic mass is 16.6. The first kappa shape index (κ1) is 29.7. The second-order valence-electron chi connectivity index (χ2n) is 10.3. The van der Waals surface area contributed by atoms with Crippen LogP contribution in [0.3, 0.4) is 0 Å². The summed E-state index contributed by atoms with van der Waals surface area (Å²) < 4.78 is 27.6. The van der Waals surface area contributed by atoms with Crippen LogP contribution in [0, 0.1) is 0 Å². The summed E-state index contributed by atoms with van der Waals surface area (Å²) in [5.74, 6) is -0.0273. The Bertz CT molecular complexity index is 1420. The number of nitrogens with one attached hydrogen (secondary N) is 1. The number of benzene rings is 2. The van der Waals surface area contributed by atoms with Gasteiger partial charge in [-0.3, -0.25) is 9.59 Å². The van der Waals surface area contributed by atoms with Crippen LogP contribution in [0.4, 0.5) is 0 Å². The van der Waals surface area contributed by atoms with Gasteiger partial charge in [0, 0.05) is 36.2 Å². The SMILES string of the molecule is CCOc1cc([C@@H]2C(C(=O)OC(C)C)=C(C)NC3=C2C(=O)C[C@H](c2ccc(OC)c(OC)c2)C3)ccc1OC(C)=O. The first-order valence-corrected chi connectivity index (χ1v) is 13.7. The quantitative estimate of drug-likeness (QED) is 0.319. The lowest BCUT2D eigenvalue weighted by Crippen LogP contribution is -2.36. The number of carbonyl (C=O) groups is 3. The molecule has 9 nitrogen and oxygen atoms in total. The zero-order valence-electron chi connectivity index (χ0n) is 24.6. The molecule has 41 heavy (non-hydrogen) atoms. The first-order valence-electron chi connectivity index (χ1n) is 13.7. The van der Waals surface area contributed by atoms with Gasteiger partial charge in [-0.2, -0.15) is 0 Å². The van der Waals surface area contributed by atoms with Crippen LogP contribution < -0.4 is 24.3 Å². The van der Waals surface area contributed by atoms with Crippen LogP contribution in [0.1, 0.15) is 70.4 Å². The number of esters is 2. The third kappa shape index (κ3) is 6.24. The van der Waals surface area contributed by atoms with E-state index >= 15 is 0 Å². The maximum Gasteiger partial charge on any atom is 0.337 e. The maximum atomic E-state index is 14.0. The maximum absolute atomic E-state index is 14.0. The van der Waals surface area contributed by atoms with Gasteiger partial charge in [0.25, 0.3) is 0 Å². The van der Waals surface area contributed by atoms with Gasteiger partial charge in [0.1, 0.15) is 0 Å². The number of ether oxygens (including phenoxy) is 5. The van der Waals surface area contributed by atoms with Crippen LogP contribution in [0.25, 0.3) is 0 Å². The van der Waals surface area contributed by atoms with Gasteiger partial charge >= 0.3 is 11.9 Å². The summed E-state index contributed by atoms with van der Waals surface area (Å²) in [6.07, 6.45) is 0.462. The van der Waals surface area contributed by atoms with Gasteiger partial charge in [-0.05, 0) is 75.4 Å². The van der Waals surface area contributed by atoms with Crippen molar-refractivity contribution in [3.63, 3.8) is 0 Å². The lowest BCUT2D eigenvalue weighted by Gasteiger charge is -2.37. The molecule has 218 valence electrons. The van der Waals surface area contributed by atoms with E-state index in [-0.39, 0.29) is 30.0 Å². The van der Waals surface area contributed by atoms with Gasteiger partial charge in [-0.25, -0.2) is 4.79 Å². The molecule has 0 bridgehead atoms. The largest absolute Gasteiger partial charge is 0.493 e.